The molecule has 0 saturated carbocycles. The third kappa shape index (κ3) is 4.62. The first kappa shape index (κ1) is 24.0. The molecular weight excluding hydrogens is 466 g/mol. The van der Waals surface area contributed by atoms with Gasteiger partial charge < -0.3 is 24.2 Å². The summed E-state index contributed by atoms with van der Waals surface area (Å²) in [7, 11) is 1.93. The van der Waals surface area contributed by atoms with Crippen molar-refractivity contribution in [2.24, 2.45) is 0 Å². The van der Waals surface area contributed by atoms with Gasteiger partial charge in [-0.1, -0.05) is 16.8 Å². The van der Waals surface area contributed by atoms with Crippen LogP contribution in [0.4, 0.5) is 5.82 Å². The zero-order chi connectivity index (χ0) is 24.6. The molecule has 0 bridgehead atoms. The lowest BCUT2D eigenvalue weighted by Crippen LogP contribution is -2.62. The third-order valence-corrected chi connectivity index (χ3v) is 7.18. The Labute approximate surface area is 211 Å². The Morgan fingerprint density at radius 3 is 2.71 bits per heavy atom. The lowest BCUT2D eigenvalue weighted by Gasteiger charge is -2.48. The Balaban J connectivity index is 1.55. The molecule has 2 aliphatic heterocycles. The summed E-state index contributed by atoms with van der Waals surface area (Å²) in [6, 6.07) is 5.64. The molecule has 5 rings (SSSR count). The third-order valence-electron chi connectivity index (χ3n) is 6.85. The van der Waals surface area contributed by atoms with E-state index in [1.54, 1.807) is 0 Å². The molecule has 3 aromatic rings. The van der Waals surface area contributed by atoms with Gasteiger partial charge in [0.05, 0.1) is 41.7 Å². The number of rotatable bonds is 8. The van der Waals surface area contributed by atoms with Crippen molar-refractivity contribution in [3.63, 3.8) is 0 Å². The molecule has 4 heterocycles. The first-order chi connectivity index (χ1) is 16.9. The van der Waals surface area contributed by atoms with Crippen molar-refractivity contribution in [3.8, 4) is 28.4 Å². The van der Waals surface area contributed by atoms with E-state index in [-0.39, 0.29) is 5.60 Å². The molecular formula is C26H32ClN5O3. The van der Waals surface area contributed by atoms with E-state index in [0.29, 0.717) is 17.5 Å². The van der Waals surface area contributed by atoms with Gasteiger partial charge in [-0.05, 0) is 71.8 Å². The van der Waals surface area contributed by atoms with Gasteiger partial charge in [0.15, 0.2) is 5.82 Å². The van der Waals surface area contributed by atoms with Crippen molar-refractivity contribution in [2.75, 3.05) is 44.8 Å². The van der Waals surface area contributed by atoms with Gasteiger partial charge in [0.2, 0.25) is 0 Å². The first-order valence-electron chi connectivity index (χ1n) is 12.2. The molecule has 0 atom stereocenters. The average Bonchev–Trinajstić information content (AvgIpc) is 3.44. The Bertz CT molecular complexity index is 1190. The molecule has 2 fully saturated rings. The number of nitrogens with zero attached hydrogens (tertiary/aromatic N) is 4. The zero-order valence-electron chi connectivity index (χ0n) is 20.8. The molecule has 9 heteroatoms. The molecule has 8 nitrogen and oxygen atoms in total. The Hall–Kier alpha value is -2.68. The molecule has 0 radical (unpaired) electrons. The molecule has 35 heavy (non-hydrogen) atoms. The van der Waals surface area contributed by atoms with Crippen LogP contribution in [0, 0.1) is 20.8 Å². The summed E-state index contributed by atoms with van der Waals surface area (Å²) in [5.74, 6) is 2.92. The summed E-state index contributed by atoms with van der Waals surface area (Å²) >= 11 is 6.66. The van der Waals surface area contributed by atoms with E-state index >= 15 is 0 Å². The van der Waals surface area contributed by atoms with Crippen LogP contribution >= 0.6 is 11.6 Å². The number of nitrogens with one attached hydrogen (secondary N) is 1. The van der Waals surface area contributed by atoms with Crippen LogP contribution in [0.15, 0.2) is 22.7 Å². The SMILES string of the molecule is CNCCCOc1ccc(Cl)c(-c2nc(-c3c(C)noc3C)c(C)c(N3CC4(CCCO4)C3)n2)c1. The van der Waals surface area contributed by atoms with Crippen LogP contribution in [0.1, 0.15) is 36.3 Å². The van der Waals surface area contributed by atoms with E-state index in [9.17, 15) is 0 Å². The van der Waals surface area contributed by atoms with Crippen LogP contribution in [0.25, 0.3) is 22.6 Å². The molecule has 1 spiro atoms. The Morgan fingerprint density at radius 2 is 2.03 bits per heavy atom. The number of aryl methyl sites for hydroxylation is 2. The second-order valence-corrected chi connectivity index (χ2v) is 9.89. The van der Waals surface area contributed by atoms with E-state index in [4.69, 9.17) is 35.6 Å². The minimum Gasteiger partial charge on any atom is -0.494 e. The fraction of sp³-hybridized carbons (Fsp3) is 0.500. The van der Waals surface area contributed by atoms with Crippen molar-refractivity contribution in [3.05, 3.63) is 40.2 Å². The summed E-state index contributed by atoms with van der Waals surface area (Å²) in [5.41, 5.74) is 4.19. The second kappa shape index (κ2) is 9.76. The predicted octanol–water partition coefficient (Wildman–Crippen LogP) is 4.73. The molecule has 0 unspecified atom stereocenters. The summed E-state index contributed by atoms with van der Waals surface area (Å²) in [5, 5.41) is 7.87. The number of halogens is 1. The number of hydrogen-bond acceptors (Lipinski definition) is 8. The average molecular weight is 498 g/mol. The fourth-order valence-electron chi connectivity index (χ4n) is 5.01. The highest BCUT2D eigenvalue weighted by molar-refractivity contribution is 6.33. The van der Waals surface area contributed by atoms with Crippen molar-refractivity contribution >= 4 is 17.4 Å². The van der Waals surface area contributed by atoms with E-state index in [2.05, 4.69) is 22.3 Å². The van der Waals surface area contributed by atoms with Gasteiger partial charge in [0, 0.05) is 17.7 Å². The minimum absolute atomic E-state index is 0.0422. The first-order valence-corrected chi connectivity index (χ1v) is 12.6. The van der Waals surface area contributed by atoms with Gasteiger partial charge in [-0.15, -0.1) is 0 Å². The maximum atomic E-state index is 6.66. The molecule has 2 aromatic heterocycles. The predicted molar refractivity (Wildman–Crippen MR) is 136 cm³/mol. The summed E-state index contributed by atoms with van der Waals surface area (Å²) in [4.78, 5) is 12.3. The molecule has 2 saturated heterocycles. The molecule has 186 valence electrons. The normalized spacial score (nSPS) is 16.7. The smallest absolute Gasteiger partial charge is 0.163 e. The van der Waals surface area contributed by atoms with Gasteiger partial charge >= 0.3 is 0 Å². The quantitative estimate of drug-likeness (QED) is 0.447. The summed E-state index contributed by atoms with van der Waals surface area (Å²) in [6.45, 7) is 9.90. The molecule has 1 N–H and O–H groups in total. The minimum atomic E-state index is -0.0422. The number of ether oxygens (including phenoxy) is 2. The van der Waals surface area contributed by atoms with Gasteiger partial charge in [-0.2, -0.15) is 0 Å². The topological polar surface area (TPSA) is 85.5 Å². The maximum absolute atomic E-state index is 6.66. The van der Waals surface area contributed by atoms with Crippen molar-refractivity contribution in [1.29, 1.82) is 0 Å². The summed E-state index contributed by atoms with van der Waals surface area (Å²) < 4.78 is 17.5. The van der Waals surface area contributed by atoms with Crippen molar-refractivity contribution < 1.29 is 14.0 Å². The van der Waals surface area contributed by atoms with E-state index in [0.717, 1.165) is 90.9 Å². The van der Waals surface area contributed by atoms with Gasteiger partial charge in [0.1, 0.15) is 22.9 Å². The van der Waals surface area contributed by atoms with Gasteiger partial charge in [-0.25, -0.2) is 9.97 Å². The lowest BCUT2D eigenvalue weighted by atomic mass is 9.90. The standard InChI is InChI=1S/C26H32ClN5O3/c1-16-23(22-17(2)31-35-18(22)3)29-24(30-25(16)32-14-26(15-32)9-5-12-34-26)20-13-19(7-8-21(20)27)33-11-6-10-28-4/h7-8,13,28H,5-6,9-12,14-15H2,1-4H3. The van der Waals surface area contributed by atoms with Crippen LogP contribution in [0.5, 0.6) is 5.75 Å². The van der Waals surface area contributed by atoms with Crippen LogP contribution < -0.4 is 15.0 Å². The van der Waals surface area contributed by atoms with Crippen molar-refractivity contribution in [1.82, 2.24) is 20.4 Å². The molecule has 0 amide bonds. The van der Waals surface area contributed by atoms with Gasteiger partial charge in [-0.3, -0.25) is 0 Å². The zero-order valence-corrected chi connectivity index (χ0v) is 21.5. The highest BCUT2D eigenvalue weighted by Gasteiger charge is 2.47. The highest BCUT2D eigenvalue weighted by Crippen LogP contribution is 2.42. The second-order valence-electron chi connectivity index (χ2n) is 9.48. The fourth-order valence-corrected chi connectivity index (χ4v) is 5.21. The summed E-state index contributed by atoms with van der Waals surface area (Å²) in [6.07, 6.45) is 3.12. The van der Waals surface area contributed by atoms with Crippen molar-refractivity contribution in [2.45, 2.75) is 45.6 Å². The van der Waals surface area contributed by atoms with Crippen LogP contribution in [0.2, 0.25) is 5.02 Å². The number of aromatic nitrogens is 3. The Morgan fingerprint density at radius 1 is 1.20 bits per heavy atom. The lowest BCUT2D eigenvalue weighted by molar-refractivity contribution is -0.0184. The molecule has 0 aliphatic carbocycles. The number of benzene rings is 1. The number of hydrogen-bond donors (Lipinski definition) is 1. The molecule has 1 aromatic carbocycles. The Kier molecular flexibility index (Phi) is 6.70. The maximum Gasteiger partial charge on any atom is 0.163 e. The highest BCUT2D eigenvalue weighted by atomic mass is 35.5. The monoisotopic (exact) mass is 497 g/mol. The van der Waals surface area contributed by atoms with Gasteiger partial charge in [0.25, 0.3) is 0 Å². The molecule has 2 aliphatic rings. The van der Waals surface area contributed by atoms with E-state index in [1.165, 1.54) is 0 Å². The van der Waals surface area contributed by atoms with E-state index in [1.807, 2.05) is 39.1 Å². The van der Waals surface area contributed by atoms with Crippen LogP contribution in [-0.4, -0.2) is 60.6 Å². The van der Waals surface area contributed by atoms with Crippen LogP contribution in [0.3, 0.4) is 0 Å². The largest absolute Gasteiger partial charge is 0.494 e. The van der Waals surface area contributed by atoms with E-state index < -0.39 is 0 Å². The van der Waals surface area contributed by atoms with Crippen LogP contribution in [-0.2, 0) is 4.74 Å². The number of anilines is 1.